The fourth-order valence-corrected chi connectivity index (χ4v) is 3.83. The van der Waals surface area contributed by atoms with Crippen molar-refractivity contribution in [2.24, 2.45) is 0 Å². The zero-order valence-electron chi connectivity index (χ0n) is 14.5. The quantitative estimate of drug-likeness (QED) is 0.526. The lowest BCUT2D eigenvalue weighted by atomic mass is 9.96. The molecule has 7 heteroatoms. The molecule has 0 spiro atoms. The van der Waals surface area contributed by atoms with Gasteiger partial charge in [0.15, 0.2) is 5.52 Å². The van der Waals surface area contributed by atoms with E-state index in [1.807, 2.05) is 13.0 Å². The normalized spacial score (nSPS) is 14.3. The van der Waals surface area contributed by atoms with Gasteiger partial charge in [-0.15, -0.1) is 0 Å². The molecular weight excluding hydrogens is 350 g/mol. The number of aryl methyl sites for hydroxylation is 1. The SMILES string of the molecule is Cc1c(-c2cc(F)c(N)cc2F)ccc2c3[nH]cnc3c(=O)n(C3CC3)c12. The highest BCUT2D eigenvalue weighted by atomic mass is 19.1. The summed E-state index contributed by atoms with van der Waals surface area (Å²) < 4.78 is 30.3. The van der Waals surface area contributed by atoms with Crippen molar-refractivity contribution in [1.29, 1.82) is 0 Å². The number of aromatic amines is 1. The molecule has 0 saturated heterocycles. The van der Waals surface area contributed by atoms with Crippen LogP contribution in [0.1, 0.15) is 24.4 Å². The molecule has 1 aliphatic carbocycles. The average molecular weight is 366 g/mol. The van der Waals surface area contributed by atoms with Crippen LogP contribution in [0.25, 0.3) is 33.1 Å². The van der Waals surface area contributed by atoms with E-state index in [-0.39, 0.29) is 22.9 Å². The lowest BCUT2D eigenvalue weighted by Crippen LogP contribution is -2.21. The van der Waals surface area contributed by atoms with Crippen molar-refractivity contribution in [3.8, 4) is 11.1 Å². The Morgan fingerprint density at radius 3 is 2.70 bits per heavy atom. The van der Waals surface area contributed by atoms with Crippen molar-refractivity contribution in [2.45, 2.75) is 25.8 Å². The van der Waals surface area contributed by atoms with Gasteiger partial charge in [-0.25, -0.2) is 13.8 Å². The maximum atomic E-state index is 14.5. The molecule has 5 nitrogen and oxygen atoms in total. The maximum Gasteiger partial charge on any atom is 0.279 e. The van der Waals surface area contributed by atoms with Gasteiger partial charge in [0.25, 0.3) is 5.56 Å². The van der Waals surface area contributed by atoms with Gasteiger partial charge in [0.1, 0.15) is 11.6 Å². The average Bonchev–Trinajstić information content (AvgIpc) is 3.34. The van der Waals surface area contributed by atoms with Crippen molar-refractivity contribution in [3.05, 3.63) is 58.1 Å². The number of rotatable bonds is 2. The van der Waals surface area contributed by atoms with Gasteiger partial charge in [0.2, 0.25) is 0 Å². The van der Waals surface area contributed by atoms with Crippen molar-refractivity contribution in [1.82, 2.24) is 14.5 Å². The summed E-state index contributed by atoms with van der Waals surface area (Å²) in [5.74, 6) is -1.27. The third-order valence-electron chi connectivity index (χ3n) is 5.29. The van der Waals surface area contributed by atoms with E-state index in [9.17, 15) is 13.6 Å². The third kappa shape index (κ3) is 2.21. The summed E-state index contributed by atoms with van der Waals surface area (Å²) in [6.45, 7) is 1.83. The van der Waals surface area contributed by atoms with E-state index in [2.05, 4.69) is 9.97 Å². The molecule has 1 saturated carbocycles. The Balaban J connectivity index is 1.92. The molecule has 2 heterocycles. The van der Waals surface area contributed by atoms with Crippen LogP contribution in [-0.2, 0) is 0 Å². The number of aromatic nitrogens is 3. The van der Waals surface area contributed by atoms with Crippen LogP contribution in [0.5, 0.6) is 0 Å². The minimum atomic E-state index is -0.672. The predicted molar refractivity (Wildman–Crippen MR) is 101 cm³/mol. The van der Waals surface area contributed by atoms with Crippen molar-refractivity contribution in [2.75, 3.05) is 5.73 Å². The first-order valence-corrected chi connectivity index (χ1v) is 8.73. The van der Waals surface area contributed by atoms with Crippen molar-refractivity contribution < 1.29 is 8.78 Å². The molecule has 0 bridgehead atoms. The predicted octanol–water partition coefficient (Wildman–Crippen LogP) is 4.05. The summed E-state index contributed by atoms with van der Waals surface area (Å²) in [7, 11) is 0. The Morgan fingerprint density at radius 2 is 1.96 bits per heavy atom. The van der Waals surface area contributed by atoms with E-state index in [4.69, 9.17) is 5.73 Å². The molecule has 2 aromatic carbocycles. The summed E-state index contributed by atoms with van der Waals surface area (Å²) in [5, 5.41) is 0.839. The number of nitrogens with two attached hydrogens (primary N) is 1. The van der Waals surface area contributed by atoms with Crippen molar-refractivity contribution >= 4 is 27.6 Å². The number of anilines is 1. The van der Waals surface area contributed by atoms with Crippen molar-refractivity contribution in [3.63, 3.8) is 0 Å². The van der Waals surface area contributed by atoms with Gasteiger partial charge >= 0.3 is 0 Å². The number of hydrogen-bond donors (Lipinski definition) is 2. The first-order valence-electron chi connectivity index (χ1n) is 8.73. The van der Waals surface area contributed by atoms with E-state index < -0.39 is 11.6 Å². The Kier molecular flexibility index (Phi) is 3.19. The van der Waals surface area contributed by atoms with E-state index in [1.165, 1.54) is 6.33 Å². The van der Waals surface area contributed by atoms with Gasteiger partial charge in [0.05, 0.1) is 23.0 Å². The number of halogens is 2. The van der Waals surface area contributed by atoms with Crippen LogP contribution >= 0.6 is 0 Å². The number of pyridine rings is 1. The Labute approximate surface area is 152 Å². The van der Waals surface area contributed by atoms with Crippen LogP contribution in [0.4, 0.5) is 14.5 Å². The third-order valence-corrected chi connectivity index (χ3v) is 5.29. The van der Waals surface area contributed by atoms with E-state index >= 15 is 0 Å². The second kappa shape index (κ2) is 5.39. The minimum absolute atomic E-state index is 0.114. The molecule has 136 valence electrons. The zero-order valence-corrected chi connectivity index (χ0v) is 14.5. The number of imidazole rings is 1. The number of nitrogens with one attached hydrogen (secondary N) is 1. The number of benzene rings is 2. The zero-order chi connectivity index (χ0) is 18.9. The molecular formula is C20H16F2N4O. The Bertz CT molecular complexity index is 1300. The molecule has 0 radical (unpaired) electrons. The summed E-state index contributed by atoms with van der Waals surface area (Å²) in [4.78, 5) is 20.2. The Morgan fingerprint density at radius 1 is 1.19 bits per heavy atom. The van der Waals surface area contributed by atoms with Gasteiger partial charge in [-0.2, -0.15) is 0 Å². The van der Waals surface area contributed by atoms with E-state index in [0.29, 0.717) is 16.6 Å². The molecule has 0 unspecified atom stereocenters. The fraction of sp³-hybridized carbons (Fsp3) is 0.200. The number of H-pyrrole nitrogens is 1. The minimum Gasteiger partial charge on any atom is -0.396 e. The van der Waals surface area contributed by atoms with Crippen LogP contribution in [0.3, 0.4) is 0 Å². The van der Waals surface area contributed by atoms with Crippen LogP contribution in [0.15, 0.2) is 35.4 Å². The highest BCUT2D eigenvalue weighted by Gasteiger charge is 2.29. The number of fused-ring (bicyclic) bond motifs is 3. The molecule has 1 aliphatic rings. The highest BCUT2D eigenvalue weighted by Crippen LogP contribution is 2.40. The first kappa shape index (κ1) is 16.0. The van der Waals surface area contributed by atoms with Gasteiger partial charge in [0, 0.05) is 23.1 Å². The summed E-state index contributed by atoms with van der Waals surface area (Å²) in [6, 6.07) is 5.77. The van der Waals surface area contributed by atoms with Gasteiger partial charge in [-0.1, -0.05) is 12.1 Å². The van der Waals surface area contributed by atoms with Gasteiger partial charge < -0.3 is 15.3 Å². The van der Waals surface area contributed by atoms with Crippen LogP contribution in [0.2, 0.25) is 0 Å². The monoisotopic (exact) mass is 366 g/mol. The maximum absolute atomic E-state index is 14.5. The van der Waals surface area contributed by atoms with E-state index in [1.54, 1.807) is 10.6 Å². The Hall–Kier alpha value is -3.22. The number of hydrogen-bond acceptors (Lipinski definition) is 3. The second-order valence-electron chi connectivity index (χ2n) is 7.02. The highest BCUT2D eigenvalue weighted by molar-refractivity contribution is 6.05. The molecule has 0 aliphatic heterocycles. The number of nitrogens with zero attached hydrogens (tertiary/aromatic N) is 2. The smallest absolute Gasteiger partial charge is 0.279 e. The van der Waals surface area contributed by atoms with Crippen LogP contribution in [0, 0.1) is 18.6 Å². The fourth-order valence-electron chi connectivity index (χ4n) is 3.83. The molecule has 5 rings (SSSR count). The lowest BCUT2D eigenvalue weighted by molar-refractivity contribution is 0.607. The molecule has 27 heavy (non-hydrogen) atoms. The molecule has 0 atom stereocenters. The van der Waals surface area contributed by atoms with Gasteiger partial charge in [-0.05, 0) is 37.0 Å². The van der Waals surface area contributed by atoms with Crippen LogP contribution < -0.4 is 11.3 Å². The summed E-state index contributed by atoms with van der Waals surface area (Å²) in [6.07, 6.45) is 3.33. The number of nitrogen functional groups attached to an aromatic ring is 1. The second-order valence-corrected chi connectivity index (χ2v) is 7.02. The largest absolute Gasteiger partial charge is 0.396 e. The topological polar surface area (TPSA) is 76.7 Å². The molecule has 1 fully saturated rings. The molecule has 0 amide bonds. The summed E-state index contributed by atoms with van der Waals surface area (Å²) >= 11 is 0. The van der Waals surface area contributed by atoms with Crippen LogP contribution in [-0.4, -0.2) is 14.5 Å². The first-order chi connectivity index (χ1) is 13.0. The standard InChI is InChI=1S/C20H16F2N4O/c1-9-11(13-6-15(22)16(23)7-14(13)21)4-5-12-17-18(25-8-24-17)20(27)26(19(9)12)10-2-3-10/h4-8,10H,2-3,23H2,1H3,(H,24,25). The van der Waals surface area contributed by atoms with E-state index in [0.717, 1.165) is 41.4 Å². The molecule has 4 aromatic rings. The van der Waals surface area contributed by atoms with Gasteiger partial charge in [-0.3, -0.25) is 4.79 Å². The summed E-state index contributed by atoms with van der Waals surface area (Å²) in [5.41, 5.74) is 8.23. The lowest BCUT2D eigenvalue weighted by Gasteiger charge is -2.16. The molecule has 3 N–H and O–H groups in total. The molecule has 2 aromatic heterocycles.